The molecule has 182 valence electrons. The molecule has 2 aliphatic rings. The largest absolute Gasteiger partial charge is 0.393 e. The third-order valence-corrected chi connectivity index (χ3v) is 7.57. The monoisotopic (exact) mass is 462 g/mol. The number of nitrogens with zero attached hydrogens (tertiary/aromatic N) is 4. The van der Waals surface area contributed by atoms with Gasteiger partial charge in [-0.05, 0) is 50.2 Å². The van der Waals surface area contributed by atoms with E-state index in [-0.39, 0.29) is 6.10 Å². The summed E-state index contributed by atoms with van der Waals surface area (Å²) in [6.07, 6.45) is 8.77. The second-order valence-electron chi connectivity index (χ2n) is 9.85. The summed E-state index contributed by atoms with van der Waals surface area (Å²) in [4.78, 5) is 12.1. The molecule has 0 spiro atoms. The van der Waals surface area contributed by atoms with E-state index in [2.05, 4.69) is 69.4 Å². The van der Waals surface area contributed by atoms with Crippen LogP contribution in [-0.2, 0) is 0 Å². The second kappa shape index (κ2) is 10.4. The average molecular weight is 463 g/mol. The lowest BCUT2D eigenvalue weighted by Crippen LogP contribution is -2.44. The molecule has 0 amide bonds. The van der Waals surface area contributed by atoms with Gasteiger partial charge in [0.15, 0.2) is 0 Å². The standard InChI is InChI=1S/C27H38N6O/c1-3-12-29-27-30-17-24-25(18-33(26(24)31-27)22-8-10-23(34)11-9-22)21-6-4-20(5-7-21)19(2)32-15-13-28-14-16-32/h4-7,17-19,22-23,28,34H,3,8-16H2,1-2H3,(H,29,30,31)/t19-,22?,23?/m1/s1. The van der Waals surface area contributed by atoms with Crippen molar-refractivity contribution in [3.8, 4) is 11.1 Å². The molecule has 7 heteroatoms. The Morgan fingerprint density at radius 3 is 2.56 bits per heavy atom. The number of benzene rings is 1. The molecule has 7 nitrogen and oxygen atoms in total. The molecular weight excluding hydrogens is 424 g/mol. The van der Waals surface area contributed by atoms with Crippen molar-refractivity contribution in [1.82, 2.24) is 24.8 Å². The Bertz CT molecular complexity index is 1080. The molecule has 2 fully saturated rings. The Hall–Kier alpha value is -2.48. The van der Waals surface area contributed by atoms with E-state index in [0.717, 1.165) is 75.9 Å². The number of fused-ring (bicyclic) bond motifs is 1. The minimum atomic E-state index is -0.167. The quantitative estimate of drug-likeness (QED) is 0.484. The molecule has 1 aliphatic carbocycles. The molecule has 3 heterocycles. The Labute approximate surface area is 202 Å². The summed E-state index contributed by atoms with van der Waals surface area (Å²) in [5.74, 6) is 0.691. The van der Waals surface area contributed by atoms with Gasteiger partial charge in [0.1, 0.15) is 5.65 Å². The SMILES string of the molecule is CCCNc1ncc2c(-c3ccc([C@@H](C)N4CCNCC4)cc3)cn(C3CCC(O)CC3)c2n1. The highest BCUT2D eigenvalue weighted by molar-refractivity contribution is 5.94. The molecule has 0 radical (unpaired) electrons. The van der Waals surface area contributed by atoms with Crippen molar-refractivity contribution in [2.24, 2.45) is 0 Å². The van der Waals surface area contributed by atoms with Crippen LogP contribution in [0.2, 0.25) is 0 Å². The Morgan fingerprint density at radius 2 is 1.85 bits per heavy atom. The first kappa shape index (κ1) is 23.3. The van der Waals surface area contributed by atoms with Crippen molar-refractivity contribution in [1.29, 1.82) is 0 Å². The number of aliphatic hydroxyl groups is 1. The first-order valence-electron chi connectivity index (χ1n) is 13.0. The molecular formula is C27H38N6O. The Balaban J connectivity index is 1.47. The highest BCUT2D eigenvalue weighted by Crippen LogP contribution is 2.37. The zero-order chi connectivity index (χ0) is 23.5. The van der Waals surface area contributed by atoms with E-state index >= 15 is 0 Å². The summed E-state index contributed by atoms with van der Waals surface area (Å²) in [7, 11) is 0. The number of anilines is 1. The summed E-state index contributed by atoms with van der Waals surface area (Å²) in [6.45, 7) is 9.64. The van der Waals surface area contributed by atoms with Gasteiger partial charge in [-0.2, -0.15) is 4.98 Å². The van der Waals surface area contributed by atoms with Crippen molar-refractivity contribution < 1.29 is 5.11 Å². The van der Waals surface area contributed by atoms with Crippen LogP contribution in [-0.4, -0.2) is 63.4 Å². The molecule has 1 saturated heterocycles. The number of rotatable bonds is 7. The summed E-state index contributed by atoms with van der Waals surface area (Å²) >= 11 is 0. The summed E-state index contributed by atoms with van der Waals surface area (Å²) < 4.78 is 2.34. The highest BCUT2D eigenvalue weighted by atomic mass is 16.3. The maximum absolute atomic E-state index is 10.0. The number of hydrogen-bond donors (Lipinski definition) is 3. The fourth-order valence-electron chi connectivity index (χ4n) is 5.42. The predicted molar refractivity (Wildman–Crippen MR) is 138 cm³/mol. The van der Waals surface area contributed by atoms with Gasteiger partial charge in [-0.3, -0.25) is 4.90 Å². The molecule has 34 heavy (non-hydrogen) atoms. The third-order valence-electron chi connectivity index (χ3n) is 7.57. The topological polar surface area (TPSA) is 78.2 Å². The van der Waals surface area contributed by atoms with Crippen LogP contribution >= 0.6 is 0 Å². The molecule has 1 aliphatic heterocycles. The minimum Gasteiger partial charge on any atom is -0.393 e. The lowest BCUT2D eigenvalue weighted by molar-refractivity contribution is 0.111. The van der Waals surface area contributed by atoms with Crippen LogP contribution in [0.25, 0.3) is 22.2 Å². The van der Waals surface area contributed by atoms with Gasteiger partial charge < -0.3 is 20.3 Å². The van der Waals surface area contributed by atoms with Crippen molar-refractivity contribution >= 4 is 17.0 Å². The van der Waals surface area contributed by atoms with E-state index in [1.807, 2.05) is 6.20 Å². The highest BCUT2D eigenvalue weighted by Gasteiger charge is 2.24. The van der Waals surface area contributed by atoms with Crippen LogP contribution in [0.5, 0.6) is 0 Å². The van der Waals surface area contributed by atoms with Crippen molar-refractivity contribution in [2.75, 3.05) is 38.0 Å². The molecule has 3 aromatic rings. The maximum atomic E-state index is 10.0. The fraction of sp³-hybridized carbons (Fsp3) is 0.556. The number of hydrogen-bond acceptors (Lipinski definition) is 6. The summed E-state index contributed by atoms with van der Waals surface area (Å²) in [5, 5.41) is 17.9. The average Bonchev–Trinajstić information content (AvgIpc) is 3.27. The summed E-state index contributed by atoms with van der Waals surface area (Å²) in [6, 6.07) is 9.84. The molecule has 0 unspecified atom stereocenters. The zero-order valence-electron chi connectivity index (χ0n) is 20.5. The Kier molecular flexibility index (Phi) is 7.13. The molecule has 1 atom stereocenters. The van der Waals surface area contributed by atoms with Crippen LogP contribution < -0.4 is 10.6 Å². The van der Waals surface area contributed by atoms with Gasteiger partial charge in [-0.25, -0.2) is 4.98 Å². The molecule has 2 aromatic heterocycles. The first-order valence-corrected chi connectivity index (χ1v) is 13.0. The minimum absolute atomic E-state index is 0.167. The van der Waals surface area contributed by atoms with Gasteiger partial charge in [0.2, 0.25) is 5.95 Å². The van der Waals surface area contributed by atoms with Gasteiger partial charge in [0, 0.05) is 68.2 Å². The molecule has 0 bridgehead atoms. The lowest BCUT2D eigenvalue weighted by atomic mass is 9.93. The normalized spacial score (nSPS) is 22.7. The van der Waals surface area contributed by atoms with Gasteiger partial charge >= 0.3 is 0 Å². The van der Waals surface area contributed by atoms with E-state index in [1.54, 1.807) is 0 Å². The zero-order valence-corrected chi connectivity index (χ0v) is 20.5. The van der Waals surface area contributed by atoms with E-state index in [0.29, 0.717) is 18.0 Å². The van der Waals surface area contributed by atoms with Crippen molar-refractivity contribution in [3.63, 3.8) is 0 Å². The van der Waals surface area contributed by atoms with E-state index in [9.17, 15) is 5.11 Å². The van der Waals surface area contributed by atoms with Crippen LogP contribution in [0.3, 0.4) is 0 Å². The predicted octanol–water partition coefficient (Wildman–Crippen LogP) is 4.36. The van der Waals surface area contributed by atoms with Crippen LogP contribution in [0.1, 0.15) is 63.6 Å². The van der Waals surface area contributed by atoms with Gasteiger partial charge in [0.05, 0.1) is 6.10 Å². The van der Waals surface area contributed by atoms with E-state index < -0.39 is 0 Å². The van der Waals surface area contributed by atoms with Crippen LogP contribution in [0.15, 0.2) is 36.7 Å². The van der Waals surface area contributed by atoms with Crippen molar-refractivity contribution in [3.05, 3.63) is 42.2 Å². The number of aromatic nitrogens is 3. The van der Waals surface area contributed by atoms with Crippen molar-refractivity contribution in [2.45, 2.75) is 64.1 Å². The van der Waals surface area contributed by atoms with Gasteiger partial charge in [0.25, 0.3) is 0 Å². The molecule has 5 rings (SSSR count). The molecule has 1 aromatic carbocycles. The lowest BCUT2D eigenvalue weighted by Gasteiger charge is -2.33. The Morgan fingerprint density at radius 1 is 1.12 bits per heavy atom. The maximum Gasteiger partial charge on any atom is 0.224 e. The second-order valence-corrected chi connectivity index (χ2v) is 9.85. The van der Waals surface area contributed by atoms with Gasteiger partial charge in [-0.1, -0.05) is 31.2 Å². The van der Waals surface area contributed by atoms with E-state index in [4.69, 9.17) is 4.98 Å². The molecule has 3 N–H and O–H groups in total. The van der Waals surface area contributed by atoms with E-state index in [1.165, 1.54) is 16.7 Å². The molecule has 1 saturated carbocycles. The summed E-state index contributed by atoms with van der Waals surface area (Å²) in [5.41, 5.74) is 4.74. The number of nitrogens with one attached hydrogen (secondary N) is 2. The number of aliphatic hydroxyl groups excluding tert-OH is 1. The first-order chi connectivity index (χ1) is 16.6. The smallest absolute Gasteiger partial charge is 0.224 e. The fourth-order valence-corrected chi connectivity index (χ4v) is 5.42. The number of piperazine rings is 1. The van der Waals surface area contributed by atoms with Gasteiger partial charge in [-0.15, -0.1) is 0 Å². The third kappa shape index (κ3) is 4.83. The van der Waals surface area contributed by atoms with Crippen LogP contribution in [0.4, 0.5) is 5.95 Å². The van der Waals surface area contributed by atoms with Crippen LogP contribution in [0, 0.1) is 0 Å².